The molecule has 0 unspecified atom stereocenters. The Morgan fingerprint density at radius 2 is 1.66 bits per heavy atom. The fourth-order valence-corrected chi connectivity index (χ4v) is 4.91. The van der Waals surface area contributed by atoms with Crippen molar-refractivity contribution in [3.05, 3.63) is 88.4 Å². The number of ether oxygens (including phenoxy) is 2. The van der Waals surface area contributed by atoms with E-state index in [2.05, 4.69) is 15.9 Å². The van der Waals surface area contributed by atoms with Crippen molar-refractivity contribution >= 4 is 33.4 Å². The van der Waals surface area contributed by atoms with E-state index < -0.39 is 18.1 Å². The number of fused-ring (bicyclic) bond motifs is 1. The molecule has 2 heterocycles. The zero-order valence-corrected chi connectivity index (χ0v) is 21.0. The second-order valence-corrected chi connectivity index (χ2v) is 9.36. The molecule has 0 aromatic heterocycles. The Balaban J connectivity index is 1.42. The first-order chi connectivity index (χ1) is 17.0. The van der Waals surface area contributed by atoms with Crippen LogP contribution in [0.1, 0.15) is 24.1 Å². The van der Waals surface area contributed by atoms with Gasteiger partial charge >= 0.3 is 0 Å². The minimum Gasteiger partial charge on any atom is -0.490 e. The number of anilines is 1. The smallest absolute Gasteiger partial charge is 0.265 e. The maximum atomic E-state index is 13.5. The number of rotatable bonds is 7. The van der Waals surface area contributed by atoms with Gasteiger partial charge in [-0.25, -0.2) is 4.90 Å². The third-order valence-corrected chi connectivity index (χ3v) is 6.77. The minimum absolute atomic E-state index is 0.279. The number of carbonyl (C=O) groups is 2. The lowest BCUT2D eigenvalue weighted by atomic mass is 9.91. The summed E-state index contributed by atoms with van der Waals surface area (Å²) in [5, 5.41) is 1.60. The summed E-state index contributed by atoms with van der Waals surface area (Å²) >= 11 is 3.39. The molecule has 0 saturated carbocycles. The van der Waals surface area contributed by atoms with E-state index in [-0.39, 0.29) is 11.8 Å². The van der Waals surface area contributed by atoms with Crippen LogP contribution < -0.4 is 14.4 Å². The van der Waals surface area contributed by atoms with Gasteiger partial charge in [0.1, 0.15) is 6.61 Å². The Kier molecular flexibility index (Phi) is 6.60. The highest BCUT2D eigenvalue weighted by Crippen LogP contribution is 2.46. The molecule has 0 bridgehead atoms. The van der Waals surface area contributed by atoms with E-state index in [9.17, 15) is 9.59 Å². The first-order valence-electron chi connectivity index (χ1n) is 11.4. The third kappa shape index (κ3) is 4.45. The minimum atomic E-state index is -0.870. The molecule has 3 aromatic carbocycles. The van der Waals surface area contributed by atoms with E-state index >= 15 is 0 Å². The summed E-state index contributed by atoms with van der Waals surface area (Å²) in [6, 6.07) is 22.2. The van der Waals surface area contributed by atoms with Crippen molar-refractivity contribution in [1.29, 1.82) is 0 Å². The molecule has 180 valence electrons. The summed E-state index contributed by atoms with van der Waals surface area (Å²) < 4.78 is 12.8. The molecule has 0 radical (unpaired) electrons. The largest absolute Gasteiger partial charge is 0.490 e. The van der Waals surface area contributed by atoms with Crippen LogP contribution in [0.15, 0.2) is 77.3 Å². The molecule has 35 heavy (non-hydrogen) atoms. The lowest BCUT2D eigenvalue weighted by Crippen LogP contribution is -2.36. The monoisotopic (exact) mass is 536 g/mol. The highest BCUT2D eigenvalue weighted by molar-refractivity contribution is 9.10. The summed E-state index contributed by atoms with van der Waals surface area (Å²) in [6.07, 6.45) is -0.870. The number of imide groups is 1. The van der Waals surface area contributed by atoms with Crippen LogP contribution in [0.3, 0.4) is 0 Å². The number of nitrogens with zero attached hydrogens (tertiary/aromatic N) is 2. The Labute approximate surface area is 212 Å². The average Bonchev–Trinajstić information content (AvgIpc) is 3.33. The van der Waals surface area contributed by atoms with Crippen molar-refractivity contribution in [2.24, 2.45) is 5.92 Å². The number of amides is 2. The number of benzene rings is 3. The van der Waals surface area contributed by atoms with Crippen LogP contribution in [0.4, 0.5) is 5.69 Å². The van der Waals surface area contributed by atoms with Crippen LogP contribution in [-0.2, 0) is 21.0 Å². The van der Waals surface area contributed by atoms with Crippen molar-refractivity contribution in [3.8, 4) is 11.5 Å². The lowest BCUT2D eigenvalue weighted by Gasteiger charge is -2.25. The second kappa shape index (κ2) is 9.81. The third-order valence-electron chi connectivity index (χ3n) is 6.24. The molecule has 0 aliphatic carbocycles. The van der Waals surface area contributed by atoms with Crippen LogP contribution in [0.2, 0.25) is 0 Å². The van der Waals surface area contributed by atoms with Gasteiger partial charge in [-0.2, -0.15) is 5.06 Å². The Bertz CT molecular complexity index is 1230. The average molecular weight is 537 g/mol. The molecule has 2 amide bonds. The van der Waals surface area contributed by atoms with E-state index in [1.807, 2.05) is 55.5 Å². The molecule has 0 spiro atoms. The van der Waals surface area contributed by atoms with Crippen LogP contribution in [0.5, 0.6) is 11.5 Å². The Morgan fingerprint density at radius 1 is 0.914 bits per heavy atom. The van der Waals surface area contributed by atoms with E-state index in [0.29, 0.717) is 30.4 Å². The van der Waals surface area contributed by atoms with Gasteiger partial charge in [-0.15, -0.1) is 0 Å². The topological polar surface area (TPSA) is 68.3 Å². The van der Waals surface area contributed by atoms with Crippen LogP contribution in [0, 0.1) is 5.92 Å². The normalized spacial score (nSPS) is 21.9. The summed E-state index contributed by atoms with van der Waals surface area (Å²) in [7, 11) is 1.74. The molecule has 5 rings (SSSR count). The summed E-state index contributed by atoms with van der Waals surface area (Å²) in [5.74, 6) is -0.104. The van der Waals surface area contributed by atoms with Crippen molar-refractivity contribution < 1.29 is 23.9 Å². The first kappa shape index (κ1) is 23.5. The van der Waals surface area contributed by atoms with E-state index in [4.69, 9.17) is 14.3 Å². The van der Waals surface area contributed by atoms with Gasteiger partial charge in [-0.3, -0.25) is 14.4 Å². The van der Waals surface area contributed by atoms with E-state index in [1.165, 1.54) is 4.90 Å². The van der Waals surface area contributed by atoms with Crippen molar-refractivity contribution in [2.75, 3.05) is 18.6 Å². The highest BCUT2D eigenvalue weighted by Gasteiger charge is 2.59. The van der Waals surface area contributed by atoms with E-state index in [1.54, 1.807) is 36.4 Å². The number of carbonyl (C=O) groups excluding carboxylic acids is 2. The number of hydrogen-bond acceptors (Lipinski definition) is 6. The number of hydroxylamine groups is 2. The first-order valence-corrected chi connectivity index (χ1v) is 12.2. The predicted molar refractivity (Wildman–Crippen MR) is 134 cm³/mol. The Hall–Kier alpha value is -3.20. The zero-order valence-electron chi connectivity index (χ0n) is 19.4. The number of hydrogen-bond donors (Lipinski definition) is 0. The lowest BCUT2D eigenvalue weighted by molar-refractivity contribution is -0.160. The quantitative estimate of drug-likeness (QED) is 0.400. The molecule has 2 aliphatic heterocycles. The highest BCUT2D eigenvalue weighted by atomic mass is 79.9. The maximum absolute atomic E-state index is 13.5. The molecule has 8 heteroatoms. The van der Waals surface area contributed by atoms with Crippen LogP contribution in [0.25, 0.3) is 0 Å². The summed E-state index contributed by atoms with van der Waals surface area (Å²) in [5.41, 5.74) is 2.39. The fraction of sp³-hybridized carbons (Fsp3) is 0.259. The predicted octanol–water partition coefficient (Wildman–Crippen LogP) is 4.90. The zero-order chi connectivity index (χ0) is 24.5. The van der Waals surface area contributed by atoms with Crippen LogP contribution in [-0.4, -0.2) is 36.6 Å². The number of halogens is 1. The van der Waals surface area contributed by atoms with Gasteiger partial charge in [0.15, 0.2) is 17.6 Å². The standard InChI is InChI=1S/C27H25BrN2O5/c1-3-33-22-15-18(9-14-21(22)34-16-17-7-5-4-6-8-17)24-23-25(35-29(24)2)27(32)30(26(23)31)20-12-10-19(28)11-13-20/h4-15,23-25H,3,16H2,1-2H3/t23-,24+,25-/m1/s1. The molecule has 3 aromatic rings. The maximum Gasteiger partial charge on any atom is 0.265 e. The SMILES string of the molecule is CCOc1cc([C@H]2[C@H]3C(=O)N(c4ccc(Br)cc4)C(=O)[C@@H]3ON2C)ccc1OCc1ccccc1. The molecule has 0 N–H and O–H groups in total. The van der Waals surface area contributed by atoms with Gasteiger partial charge in [0, 0.05) is 11.5 Å². The fourth-order valence-electron chi connectivity index (χ4n) is 4.64. The molecule has 7 nitrogen and oxygen atoms in total. The van der Waals surface area contributed by atoms with E-state index in [0.717, 1.165) is 15.6 Å². The van der Waals surface area contributed by atoms with Crippen molar-refractivity contribution in [2.45, 2.75) is 25.7 Å². The van der Waals surface area contributed by atoms with Crippen LogP contribution >= 0.6 is 15.9 Å². The van der Waals surface area contributed by atoms with Crippen molar-refractivity contribution in [3.63, 3.8) is 0 Å². The second-order valence-electron chi connectivity index (χ2n) is 8.44. The van der Waals surface area contributed by atoms with Crippen molar-refractivity contribution in [1.82, 2.24) is 5.06 Å². The van der Waals surface area contributed by atoms with Gasteiger partial charge in [-0.1, -0.05) is 52.3 Å². The van der Waals surface area contributed by atoms with Gasteiger partial charge in [-0.05, 0) is 54.4 Å². The molecule has 2 saturated heterocycles. The molecule has 2 fully saturated rings. The molecular weight excluding hydrogens is 512 g/mol. The van der Waals surface area contributed by atoms with Gasteiger partial charge < -0.3 is 9.47 Å². The van der Waals surface area contributed by atoms with Gasteiger partial charge in [0.2, 0.25) is 5.91 Å². The molecule has 3 atom stereocenters. The van der Waals surface area contributed by atoms with Gasteiger partial charge in [0.05, 0.1) is 24.3 Å². The van der Waals surface area contributed by atoms with Gasteiger partial charge in [0.25, 0.3) is 5.91 Å². The summed E-state index contributed by atoms with van der Waals surface area (Å²) in [6.45, 7) is 2.78. The Morgan fingerprint density at radius 3 is 2.37 bits per heavy atom. The molecule has 2 aliphatic rings. The summed E-state index contributed by atoms with van der Waals surface area (Å²) in [4.78, 5) is 33.7. The molecular formula is C27H25BrN2O5.